The van der Waals surface area contributed by atoms with Gasteiger partial charge in [-0.3, -0.25) is 0 Å². The van der Waals surface area contributed by atoms with Crippen molar-refractivity contribution >= 4 is 11.9 Å². The molecule has 0 aliphatic carbocycles. The molecule has 7 heteroatoms. The molecule has 0 aliphatic rings. The summed E-state index contributed by atoms with van der Waals surface area (Å²) in [6, 6.07) is 15.7. The van der Waals surface area contributed by atoms with Crippen LogP contribution in [0.3, 0.4) is 0 Å². The van der Waals surface area contributed by atoms with E-state index in [9.17, 15) is 9.59 Å². The third-order valence-corrected chi connectivity index (χ3v) is 4.81. The molecule has 0 bridgehead atoms. The summed E-state index contributed by atoms with van der Waals surface area (Å²) in [5.74, 6) is -0.721. The van der Waals surface area contributed by atoms with Crippen LogP contribution in [-0.4, -0.2) is 33.9 Å². The van der Waals surface area contributed by atoms with Crippen molar-refractivity contribution in [1.82, 2.24) is 9.78 Å². The zero-order valence-corrected chi connectivity index (χ0v) is 18.1. The van der Waals surface area contributed by atoms with Gasteiger partial charge in [0.25, 0.3) is 0 Å². The van der Waals surface area contributed by atoms with E-state index in [1.165, 1.54) is 7.11 Å². The van der Waals surface area contributed by atoms with E-state index in [0.29, 0.717) is 24.6 Å². The van der Waals surface area contributed by atoms with Crippen LogP contribution < -0.4 is 4.74 Å². The molecule has 0 unspecified atom stereocenters. The molecular formula is C24H26N2O5. The molecule has 31 heavy (non-hydrogen) atoms. The van der Waals surface area contributed by atoms with Crippen LogP contribution >= 0.6 is 0 Å². The number of carboxylic acids is 1. The number of hydrogen-bond acceptors (Lipinski definition) is 5. The number of ether oxygens (including phenoxy) is 2. The minimum Gasteiger partial charge on any atom is -0.478 e. The lowest BCUT2D eigenvalue weighted by atomic mass is 9.93. The van der Waals surface area contributed by atoms with E-state index in [0.717, 1.165) is 16.8 Å². The van der Waals surface area contributed by atoms with Crippen molar-refractivity contribution < 1.29 is 24.2 Å². The monoisotopic (exact) mass is 422 g/mol. The van der Waals surface area contributed by atoms with Crippen LogP contribution in [0, 0.1) is 0 Å². The molecule has 2 aromatic carbocycles. The number of carboxylic acid groups (broad SMARTS) is 1. The molecule has 0 radical (unpaired) electrons. The van der Waals surface area contributed by atoms with Gasteiger partial charge in [0.05, 0.1) is 30.5 Å². The Hall–Kier alpha value is -3.61. The summed E-state index contributed by atoms with van der Waals surface area (Å²) < 4.78 is 12.5. The first-order valence-electron chi connectivity index (χ1n) is 9.88. The summed E-state index contributed by atoms with van der Waals surface area (Å²) in [5.41, 5.74) is 3.29. The van der Waals surface area contributed by atoms with Crippen molar-refractivity contribution in [3.8, 4) is 5.88 Å². The first kappa shape index (κ1) is 22.1. The van der Waals surface area contributed by atoms with Gasteiger partial charge in [-0.2, -0.15) is 5.10 Å². The summed E-state index contributed by atoms with van der Waals surface area (Å²) in [6.45, 7) is 7.01. The van der Waals surface area contributed by atoms with Crippen LogP contribution in [-0.2, 0) is 23.3 Å². The molecule has 0 saturated heterocycles. The van der Waals surface area contributed by atoms with Crippen molar-refractivity contribution in [2.24, 2.45) is 0 Å². The van der Waals surface area contributed by atoms with E-state index in [2.05, 4.69) is 20.8 Å². The second-order valence-corrected chi connectivity index (χ2v) is 8.25. The Bertz CT molecular complexity index is 1060. The highest BCUT2D eigenvalue weighted by molar-refractivity contribution is 5.89. The van der Waals surface area contributed by atoms with Crippen LogP contribution in [0.4, 0.5) is 0 Å². The van der Waals surface area contributed by atoms with Crippen molar-refractivity contribution in [2.45, 2.75) is 39.3 Å². The highest BCUT2D eigenvalue weighted by Crippen LogP contribution is 2.26. The Morgan fingerprint density at radius 1 is 0.968 bits per heavy atom. The molecule has 3 rings (SSSR count). The highest BCUT2D eigenvalue weighted by Gasteiger charge is 2.21. The fourth-order valence-corrected chi connectivity index (χ4v) is 2.93. The molecule has 0 fully saturated rings. The van der Waals surface area contributed by atoms with Crippen LogP contribution in [0.25, 0.3) is 0 Å². The fraction of sp³-hybridized carbons (Fsp3) is 0.292. The molecular weight excluding hydrogens is 396 g/mol. The average Bonchev–Trinajstić information content (AvgIpc) is 3.15. The lowest BCUT2D eigenvalue weighted by molar-refractivity contribution is 0.0599. The Morgan fingerprint density at radius 2 is 1.55 bits per heavy atom. The lowest BCUT2D eigenvalue weighted by Gasteiger charge is -2.14. The summed E-state index contributed by atoms with van der Waals surface area (Å²) in [5, 5.41) is 13.8. The van der Waals surface area contributed by atoms with Crippen LogP contribution in [0.1, 0.15) is 58.3 Å². The van der Waals surface area contributed by atoms with Gasteiger partial charge < -0.3 is 14.6 Å². The third kappa shape index (κ3) is 5.51. The number of esters is 1. The van der Waals surface area contributed by atoms with E-state index in [-0.39, 0.29) is 16.9 Å². The predicted molar refractivity (Wildman–Crippen MR) is 116 cm³/mol. The number of methoxy groups -OCH3 is 1. The second kappa shape index (κ2) is 9.04. The summed E-state index contributed by atoms with van der Waals surface area (Å²) in [4.78, 5) is 22.7. The van der Waals surface area contributed by atoms with Gasteiger partial charge in [0.1, 0.15) is 6.61 Å². The van der Waals surface area contributed by atoms with Crippen molar-refractivity contribution in [3.05, 3.63) is 82.5 Å². The number of rotatable bonds is 7. The first-order valence-corrected chi connectivity index (χ1v) is 9.88. The molecule has 0 atom stereocenters. The predicted octanol–water partition coefficient (Wildman–Crippen LogP) is 4.29. The Kier molecular flexibility index (Phi) is 6.44. The molecule has 0 saturated carbocycles. The maximum absolute atomic E-state index is 11.6. The van der Waals surface area contributed by atoms with Gasteiger partial charge in [-0.1, -0.05) is 45.0 Å². The Morgan fingerprint density at radius 3 is 2.10 bits per heavy atom. The SMILES string of the molecule is COC(=O)c1ccc(COc2cc(C(C)(C)C)nn2Cc2ccc(C(=O)O)cc2)cc1. The van der Waals surface area contributed by atoms with Crippen molar-refractivity contribution in [1.29, 1.82) is 0 Å². The maximum Gasteiger partial charge on any atom is 0.337 e. The minimum absolute atomic E-state index is 0.154. The molecule has 7 nitrogen and oxygen atoms in total. The molecule has 3 aromatic rings. The van der Waals surface area contributed by atoms with Crippen LogP contribution in [0.5, 0.6) is 5.88 Å². The summed E-state index contributed by atoms with van der Waals surface area (Å²) in [6.07, 6.45) is 0. The normalized spacial score (nSPS) is 11.2. The number of aromatic nitrogens is 2. The molecule has 0 amide bonds. The lowest BCUT2D eigenvalue weighted by Crippen LogP contribution is -2.13. The van der Waals surface area contributed by atoms with Gasteiger partial charge in [-0.15, -0.1) is 0 Å². The van der Waals surface area contributed by atoms with E-state index >= 15 is 0 Å². The van der Waals surface area contributed by atoms with Gasteiger partial charge in [0.2, 0.25) is 5.88 Å². The van der Waals surface area contributed by atoms with Gasteiger partial charge in [-0.25, -0.2) is 14.3 Å². The van der Waals surface area contributed by atoms with E-state index in [1.54, 1.807) is 41.1 Å². The summed E-state index contributed by atoms with van der Waals surface area (Å²) in [7, 11) is 1.35. The van der Waals surface area contributed by atoms with Gasteiger partial charge >= 0.3 is 11.9 Å². The summed E-state index contributed by atoms with van der Waals surface area (Å²) >= 11 is 0. The van der Waals surface area contributed by atoms with Gasteiger partial charge in [0.15, 0.2) is 0 Å². The average molecular weight is 422 g/mol. The van der Waals surface area contributed by atoms with Crippen molar-refractivity contribution in [3.63, 3.8) is 0 Å². The Balaban J connectivity index is 1.79. The number of carbonyl (C=O) groups is 2. The van der Waals surface area contributed by atoms with Crippen LogP contribution in [0.15, 0.2) is 54.6 Å². The molecule has 1 heterocycles. The largest absolute Gasteiger partial charge is 0.478 e. The zero-order valence-electron chi connectivity index (χ0n) is 18.1. The topological polar surface area (TPSA) is 90.7 Å². The van der Waals surface area contributed by atoms with Crippen molar-refractivity contribution in [2.75, 3.05) is 7.11 Å². The quantitative estimate of drug-likeness (QED) is 0.571. The van der Waals surface area contributed by atoms with Gasteiger partial charge in [0, 0.05) is 11.5 Å². The number of hydrogen-bond donors (Lipinski definition) is 1. The maximum atomic E-state index is 11.6. The van der Waals surface area contributed by atoms with E-state index < -0.39 is 5.97 Å². The standard InChI is InChI=1S/C24H26N2O5/c1-24(2,3)20-13-21(31-15-17-7-11-19(12-8-17)23(29)30-4)26(25-20)14-16-5-9-18(10-6-16)22(27)28/h5-13H,14-15H2,1-4H3,(H,27,28). The van der Waals surface area contributed by atoms with E-state index in [1.807, 2.05) is 18.2 Å². The molecule has 0 aliphatic heterocycles. The molecule has 0 spiro atoms. The molecule has 1 aromatic heterocycles. The highest BCUT2D eigenvalue weighted by atomic mass is 16.5. The first-order chi connectivity index (χ1) is 14.7. The number of carbonyl (C=O) groups excluding carboxylic acids is 1. The fourth-order valence-electron chi connectivity index (χ4n) is 2.93. The van der Waals surface area contributed by atoms with E-state index in [4.69, 9.17) is 19.7 Å². The molecule has 1 N–H and O–H groups in total. The Labute approximate surface area is 181 Å². The third-order valence-electron chi connectivity index (χ3n) is 4.81. The number of benzene rings is 2. The smallest absolute Gasteiger partial charge is 0.337 e. The van der Waals surface area contributed by atoms with Gasteiger partial charge in [-0.05, 0) is 35.4 Å². The van der Waals surface area contributed by atoms with Crippen LogP contribution in [0.2, 0.25) is 0 Å². The number of aromatic carboxylic acids is 1. The zero-order chi connectivity index (χ0) is 22.6. The molecule has 162 valence electrons. The second-order valence-electron chi connectivity index (χ2n) is 8.25. The minimum atomic E-state index is -0.956. The number of nitrogens with zero attached hydrogens (tertiary/aromatic N) is 2.